The maximum absolute atomic E-state index is 11.9. The minimum Gasteiger partial charge on any atom is -0.480 e. The van der Waals surface area contributed by atoms with E-state index in [0.29, 0.717) is 18.5 Å². The number of carbonyl (C=O) groups excluding carboxylic acids is 2. The van der Waals surface area contributed by atoms with E-state index in [2.05, 4.69) is 5.32 Å². The zero-order valence-electron chi connectivity index (χ0n) is 11.3. The average Bonchev–Trinajstić information content (AvgIpc) is 2.91. The third-order valence-electron chi connectivity index (χ3n) is 2.58. The van der Waals surface area contributed by atoms with Gasteiger partial charge in [-0.2, -0.15) is 11.3 Å². The number of carbonyl (C=O) groups is 3. The Hall–Kier alpha value is -1.89. The zero-order valence-corrected chi connectivity index (χ0v) is 12.1. The van der Waals surface area contributed by atoms with Crippen LogP contribution in [0.3, 0.4) is 0 Å². The summed E-state index contributed by atoms with van der Waals surface area (Å²) in [5.41, 5.74) is 0.568. The molecule has 0 aromatic carbocycles. The summed E-state index contributed by atoms with van der Waals surface area (Å²) < 4.78 is 0. The molecular weight excluding hydrogens is 280 g/mol. The van der Waals surface area contributed by atoms with Gasteiger partial charge in [-0.3, -0.25) is 14.4 Å². The molecule has 1 heterocycles. The van der Waals surface area contributed by atoms with E-state index in [1.807, 2.05) is 6.92 Å². The second-order valence-electron chi connectivity index (χ2n) is 4.23. The van der Waals surface area contributed by atoms with E-state index in [1.165, 1.54) is 16.2 Å². The molecule has 1 aromatic heterocycles. The Labute approximate surface area is 121 Å². The Kier molecular flexibility index (Phi) is 6.72. The molecule has 0 saturated carbocycles. The van der Waals surface area contributed by atoms with Crippen molar-refractivity contribution in [1.29, 1.82) is 0 Å². The molecule has 0 aliphatic heterocycles. The first kappa shape index (κ1) is 16.2. The van der Waals surface area contributed by atoms with Gasteiger partial charge >= 0.3 is 5.97 Å². The fraction of sp³-hybridized carbons (Fsp3) is 0.462. The number of rotatable bonds is 8. The molecule has 0 atom stereocenters. The van der Waals surface area contributed by atoms with E-state index >= 15 is 0 Å². The fourth-order valence-electron chi connectivity index (χ4n) is 1.66. The SMILES string of the molecule is CCCN(CC(=O)O)C(=O)CCNC(=O)c1ccsc1. The van der Waals surface area contributed by atoms with Crippen LogP contribution in [-0.4, -0.2) is 47.4 Å². The third kappa shape index (κ3) is 5.40. The topological polar surface area (TPSA) is 86.7 Å². The average molecular weight is 298 g/mol. The number of nitrogens with one attached hydrogen (secondary N) is 1. The highest BCUT2D eigenvalue weighted by Gasteiger charge is 2.16. The van der Waals surface area contributed by atoms with Crippen molar-refractivity contribution in [3.8, 4) is 0 Å². The summed E-state index contributed by atoms with van der Waals surface area (Å²) in [4.78, 5) is 35.4. The number of carboxylic acids is 1. The molecule has 1 rings (SSSR count). The molecule has 7 heteroatoms. The minimum absolute atomic E-state index is 0.100. The number of thiophene rings is 1. The molecule has 20 heavy (non-hydrogen) atoms. The molecular formula is C13H18N2O4S. The van der Waals surface area contributed by atoms with Crippen LogP contribution in [0, 0.1) is 0 Å². The third-order valence-corrected chi connectivity index (χ3v) is 3.26. The maximum atomic E-state index is 11.9. The number of amides is 2. The normalized spacial score (nSPS) is 10.1. The van der Waals surface area contributed by atoms with E-state index in [-0.39, 0.29) is 31.3 Å². The van der Waals surface area contributed by atoms with Crippen LogP contribution in [0.25, 0.3) is 0 Å². The molecule has 0 radical (unpaired) electrons. The first-order valence-corrected chi connectivity index (χ1v) is 7.28. The predicted octanol–water partition coefficient (Wildman–Crippen LogP) is 1.19. The van der Waals surface area contributed by atoms with Gasteiger partial charge in [0.1, 0.15) is 6.54 Å². The van der Waals surface area contributed by atoms with Gasteiger partial charge in [-0.15, -0.1) is 0 Å². The van der Waals surface area contributed by atoms with E-state index in [1.54, 1.807) is 16.8 Å². The van der Waals surface area contributed by atoms with Crippen molar-refractivity contribution in [2.24, 2.45) is 0 Å². The Morgan fingerprint density at radius 2 is 2.15 bits per heavy atom. The lowest BCUT2D eigenvalue weighted by Crippen LogP contribution is -2.38. The van der Waals surface area contributed by atoms with Crippen LogP contribution in [0.4, 0.5) is 0 Å². The summed E-state index contributed by atoms with van der Waals surface area (Å²) in [7, 11) is 0. The zero-order chi connectivity index (χ0) is 15.0. The lowest BCUT2D eigenvalue weighted by molar-refractivity contribution is -0.144. The molecule has 0 aliphatic rings. The van der Waals surface area contributed by atoms with Crippen molar-refractivity contribution < 1.29 is 19.5 Å². The molecule has 2 amide bonds. The van der Waals surface area contributed by atoms with Crippen LogP contribution < -0.4 is 5.32 Å². The lowest BCUT2D eigenvalue weighted by atomic mass is 10.3. The molecule has 0 spiro atoms. The van der Waals surface area contributed by atoms with E-state index in [4.69, 9.17) is 5.11 Å². The monoisotopic (exact) mass is 298 g/mol. The van der Waals surface area contributed by atoms with Gasteiger partial charge in [-0.05, 0) is 17.9 Å². The minimum atomic E-state index is -1.03. The Balaban J connectivity index is 2.37. The number of carboxylic acid groups (broad SMARTS) is 1. The first-order chi connectivity index (χ1) is 9.54. The molecule has 0 bridgehead atoms. The quantitative estimate of drug-likeness (QED) is 0.755. The van der Waals surface area contributed by atoms with Gasteiger partial charge in [0, 0.05) is 30.5 Å². The predicted molar refractivity (Wildman–Crippen MR) is 75.8 cm³/mol. The summed E-state index contributed by atoms with van der Waals surface area (Å²) in [5.74, 6) is -1.52. The summed E-state index contributed by atoms with van der Waals surface area (Å²) in [6, 6.07) is 1.70. The summed E-state index contributed by atoms with van der Waals surface area (Å²) >= 11 is 1.42. The number of nitrogens with zero attached hydrogens (tertiary/aromatic N) is 1. The number of hydrogen-bond acceptors (Lipinski definition) is 4. The van der Waals surface area contributed by atoms with Crippen LogP contribution in [0.1, 0.15) is 30.1 Å². The number of hydrogen-bond donors (Lipinski definition) is 2. The molecule has 0 unspecified atom stereocenters. The van der Waals surface area contributed by atoms with Gasteiger partial charge < -0.3 is 15.3 Å². The van der Waals surface area contributed by atoms with Crippen LogP contribution in [-0.2, 0) is 9.59 Å². The van der Waals surface area contributed by atoms with Crippen LogP contribution in [0.2, 0.25) is 0 Å². The van der Waals surface area contributed by atoms with Gasteiger partial charge in [0.25, 0.3) is 5.91 Å². The Bertz CT molecular complexity index is 459. The first-order valence-electron chi connectivity index (χ1n) is 6.34. The fourth-order valence-corrected chi connectivity index (χ4v) is 2.30. The molecule has 0 saturated heterocycles. The van der Waals surface area contributed by atoms with Crippen molar-refractivity contribution in [3.05, 3.63) is 22.4 Å². The molecule has 110 valence electrons. The van der Waals surface area contributed by atoms with Crippen LogP contribution in [0.5, 0.6) is 0 Å². The molecule has 6 nitrogen and oxygen atoms in total. The van der Waals surface area contributed by atoms with Gasteiger partial charge in [0.2, 0.25) is 5.91 Å². The van der Waals surface area contributed by atoms with E-state index < -0.39 is 5.97 Å². The number of aliphatic carboxylic acids is 1. The molecule has 0 fully saturated rings. The second kappa shape index (κ2) is 8.31. The van der Waals surface area contributed by atoms with Gasteiger partial charge in [-0.1, -0.05) is 6.92 Å². The van der Waals surface area contributed by atoms with Gasteiger partial charge in [0.05, 0.1) is 0 Å². The van der Waals surface area contributed by atoms with E-state index in [0.717, 1.165) is 0 Å². The van der Waals surface area contributed by atoms with Crippen LogP contribution in [0.15, 0.2) is 16.8 Å². The summed E-state index contributed by atoms with van der Waals surface area (Å²) in [6.45, 7) is 2.18. The molecule has 1 aromatic rings. The van der Waals surface area contributed by atoms with Crippen molar-refractivity contribution in [2.75, 3.05) is 19.6 Å². The van der Waals surface area contributed by atoms with Crippen molar-refractivity contribution in [2.45, 2.75) is 19.8 Å². The van der Waals surface area contributed by atoms with Crippen molar-refractivity contribution in [3.63, 3.8) is 0 Å². The van der Waals surface area contributed by atoms with Gasteiger partial charge in [0.15, 0.2) is 0 Å². The Morgan fingerprint density at radius 3 is 2.70 bits per heavy atom. The molecule has 0 aliphatic carbocycles. The highest BCUT2D eigenvalue weighted by molar-refractivity contribution is 7.08. The van der Waals surface area contributed by atoms with E-state index in [9.17, 15) is 14.4 Å². The highest BCUT2D eigenvalue weighted by Crippen LogP contribution is 2.05. The maximum Gasteiger partial charge on any atom is 0.323 e. The Morgan fingerprint density at radius 1 is 1.40 bits per heavy atom. The standard InChI is InChI=1S/C13H18N2O4S/c1-2-6-15(8-12(17)18)11(16)3-5-14-13(19)10-4-7-20-9-10/h4,7,9H,2-3,5-6,8H2,1H3,(H,14,19)(H,17,18). The smallest absolute Gasteiger partial charge is 0.323 e. The second-order valence-corrected chi connectivity index (χ2v) is 5.01. The summed E-state index contributed by atoms with van der Waals surface area (Å²) in [5, 5.41) is 14.9. The summed E-state index contributed by atoms with van der Waals surface area (Å²) in [6.07, 6.45) is 0.795. The van der Waals surface area contributed by atoms with Crippen molar-refractivity contribution in [1.82, 2.24) is 10.2 Å². The van der Waals surface area contributed by atoms with Crippen molar-refractivity contribution >= 4 is 29.1 Å². The largest absolute Gasteiger partial charge is 0.480 e. The highest BCUT2D eigenvalue weighted by atomic mass is 32.1. The van der Waals surface area contributed by atoms with Crippen LogP contribution >= 0.6 is 11.3 Å². The molecule has 2 N–H and O–H groups in total. The van der Waals surface area contributed by atoms with Gasteiger partial charge in [-0.25, -0.2) is 0 Å². The lowest BCUT2D eigenvalue weighted by Gasteiger charge is -2.19.